The van der Waals surface area contributed by atoms with E-state index < -0.39 is 120 Å². The van der Waals surface area contributed by atoms with Gasteiger partial charge in [0.2, 0.25) is 28.0 Å². The minimum Gasteiger partial charge on any atom is -0.477 e. The molecule has 3 amide bonds. The second-order valence-electron chi connectivity index (χ2n) is 12.9. The van der Waals surface area contributed by atoms with Crippen LogP contribution >= 0.6 is 47.5 Å². The van der Waals surface area contributed by atoms with Crippen molar-refractivity contribution in [3.05, 3.63) is 16.0 Å². The predicted molar refractivity (Wildman–Crippen MR) is 208 cm³/mol. The van der Waals surface area contributed by atoms with Crippen LogP contribution in [0.25, 0.3) is 0 Å². The first-order valence-electron chi connectivity index (χ1n) is 18.0. The number of esters is 1. The molecule has 5 atom stereocenters. The molecule has 0 bridgehead atoms. The first-order valence-corrected chi connectivity index (χ1v) is 21.4. The molecule has 5 heterocycles. The summed E-state index contributed by atoms with van der Waals surface area (Å²) in [5.41, 5.74) is -6.00. The van der Waals surface area contributed by atoms with Crippen molar-refractivity contribution in [2.75, 3.05) is 57.9 Å². The lowest BCUT2D eigenvalue weighted by Crippen LogP contribution is -2.82. The van der Waals surface area contributed by atoms with Crippen molar-refractivity contribution in [1.29, 1.82) is 0 Å². The zero-order valence-electron chi connectivity index (χ0n) is 32.9. The number of halogens is 4. The van der Waals surface area contributed by atoms with Crippen molar-refractivity contribution in [2.24, 2.45) is 10.9 Å². The van der Waals surface area contributed by atoms with Crippen LogP contribution in [0.2, 0.25) is 0 Å². The van der Waals surface area contributed by atoms with Gasteiger partial charge in [0.25, 0.3) is 28.9 Å². The van der Waals surface area contributed by atoms with E-state index >= 15 is 0 Å². The van der Waals surface area contributed by atoms with Gasteiger partial charge < -0.3 is 49.6 Å². The van der Waals surface area contributed by atoms with E-state index in [1.54, 1.807) is 0 Å². The van der Waals surface area contributed by atoms with Crippen molar-refractivity contribution in [2.45, 2.75) is 60.2 Å². The van der Waals surface area contributed by atoms with E-state index in [0.717, 1.165) is 40.2 Å². The topological polar surface area (TPSA) is 328 Å². The molecule has 0 spiro atoms. The number of tetrazole rings is 2. The summed E-state index contributed by atoms with van der Waals surface area (Å²) >= 11 is 6.02. The summed E-state index contributed by atoms with van der Waals surface area (Å²) in [7, 11) is 1.94. The van der Waals surface area contributed by atoms with Crippen molar-refractivity contribution in [1.82, 2.24) is 55.5 Å². The third kappa shape index (κ3) is 11.0. The maximum atomic E-state index is 13.8. The number of aromatic nitrogens is 8. The summed E-state index contributed by atoms with van der Waals surface area (Å²) in [6.07, 6.45) is -3.43. The molecule has 0 unspecified atom stereocenters. The van der Waals surface area contributed by atoms with Crippen molar-refractivity contribution in [3.8, 4) is 0 Å². The van der Waals surface area contributed by atoms with E-state index in [1.165, 1.54) is 4.68 Å². The predicted octanol–water partition coefficient (Wildman–Crippen LogP) is -2.01. The number of rotatable bonds is 24. The number of alkyl halides is 4. The maximum Gasteiger partial charge on any atom is 0.364 e. The van der Waals surface area contributed by atoms with Crippen LogP contribution in [-0.4, -0.2) is 195 Å². The lowest BCUT2D eigenvalue weighted by Gasteiger charge is -2.55. The molecule has 1 fully saturated rings. The van der Waals surface area contributed by atoms with Gasteiger partial charge in [-0.15, -0.1) is 5.10 Å². The van der Waals surface area contributed by atoms with Crippen molar-refractivity contribution in [3.63, 3.8) is 0 Å². The smallest absolute Gasteiger partial charge is 0.364 e. The number of aliphatic carboxylic acids is 2. The Labute approximate surface area is 373 Å². The van der Waals surface area contributed by atoms with E-state index in [-0.39, 0.29) is 71.0 Å². The van der Waals surface area contributed by atoms with Crippen LogP contribution in [0.3, 0.4) is 0 Å². The molecule has 1 saturated heterocycles. The van der Waals surface area contributed by atoms with Gasteiger partial charge >= 0.3 is 17.9 Å². The summed E-state index contributed by atoms with van der Waals surface area (Å²) in [5, 5.41) is 52.6. The maximum absolute atomic E-state index is 13.8. The monoisotopic (exact) mass is 992 g/mol. The number of amides is 3. The number of aliphatic imine (C=N–C) groups is 1. The highest BCUT2D eigenvalue weighted by Gasteiger charge is 2.67. The van der Waals surface area contributed by atoms with E-state index in [4.69, 9.17) is 35.9 Å². The number of aliphatic hydroxyl groups excluding tert-OH is 1. The Hall–Kier alpha value is -4.84. The summed E-state index contributed by atoms with van der Waals surface area (Å²) in [6.45, 7) is -2.36. The van der Waals surface area contributed by atoms with Crippen LogP contribution < -0.4 is 10.6 Å². The van der Waals surface area contributed by atoms with Gasteiger partial charge in [-0.3, -0.25) is 19.3 Å². The van der Waals surface area contributed by atoms with E-state index in [2.05, 4.69) is 41.6 Å². The molecule has 26 nitrogen and oxygen atoms in total. The van der Waals surface area contributed by atoms with Gasteiger partial charge in [-0.1, -0.05) is 35.3 Å². The minimum absolute atomic E-state index is 0.000625. The molecular weight excluding hydrogens is 957 g/mol. The molecule has 5 N–H and O–H groups in total. The van der Waals surface area contributed by atoms with Crippen LogP contribution in [0, 0.1) is 10.7 Å². The third-order valence-electron chi connectivity index (χ3n) is 9.07. The first kappa shape index (κ1) is 50.2. The molecule has 0 radical (unpaired) electrons. The van der Waals surface area contributed by atoms with Crippen LogP contribution in [0.5, 0.6) is 0 Å². The zero-order chi connectivity index (χ0) is 46.9. The zero-order valence-corrected chi connectivity index (χ0v) is 36.2. The number of thioether (sulfide) groups is 3. The standard InChI is InChI=1S/C30H36F4N12O14S4/c1-56-29(36-15(48)11-62-25(31)32,21-35-17(19(50)51)13(8-59-21)7-45-28(61)44(3-5-47)41-42-45)24(55)58-6-4-43-27(38-39-40-43)64-10-14-9-60-23-30(57-2,37-16(49)12-63-26(33)34)22(54)46(23)18(14)20(52)53/h13,21,23,25-26,47H,3-12H2,1-2H3,(H,36,48)(H,37,49)(H,50,51)(H,52,53)/t13-,21+,23+,29+,30-/m0/s1. The Bertz CT molecular complexity index is 2220. The highest BCUT2D eigenvalue weighted by atomic mass is 32.2. The van der Waals surface area contributed by atoms with Gasteiger partial charge in [0, 0.05) is 20.0 Å². The fourth-order valence-corrected chi connectivity index (χ4v) is 8.02. The summed E-state index contributed by atoms with van der Waals surface area (Å²) in [6, 6.07) is 0. The molecular formula is C30H36F4N12O14S4. The van der Waals surface area contributed by atoms with Gasteiger partial charge in [0.1, 0.15) is 18.0 Å². The van der Waals surface area contributed by atoms with Crippen LogP contribution in [0.1, 0.15) is 0 Å². The normalized spacial score (nSPS) is 21.8. The molecule has 34 heteroatoms. The first-order chi connectivity index (χ1) is 30.4. The van der Waals surface area contributed by atoms with E-state index in [1.807, 2.05) is 0 Å². The van der Waals surface area contributed by atoms with Crippen molar-refractivity contribution < 1.29 is 85.3 Å². The second kappa shape index (κ2) is 21.9. The number of nitrogens with one attached hydrogen (secondary N) is 2. The number of carboxylic acids is 2. The highest BCUT2D eigenvalue weighted by molar-refractivity contribution is 8.00. The largest absolute Gasteiger partial charge is 0.477 e. The number of carbonyl (C=O) groups excluding carboxylic acids is 4. The SMILES string of the molecule is CO[C@@](NC(=O)CSC(F)F)(C(=O)OCCn1nnnc1SCC1=C(C(=O)O)N2C(=O)[C@](NC(=O)CSC(F)F)(OC)[C@H]2OC1)[C@@H]1N=C(C(=O)O)[C@@H](Cn2nnn(CCO)c2=S)CO1. The van der Waals surface area contributed by atoms with Gasteiger partial charge in [-0.2, -0.15) is 17.6 Å². The molecule has 0 aliphatic carbocycles. The molecule has 352 valence electrons. The van der Waals surface area contributed by atoms with Crippen LogP contribution in [-0.2, 0) is 72.1 Å². The average molecular weight is 993 g/mol. The molecule has 0 aromatic carbocycles. The third-order valence-corrected chi connectivity index (χ3v) is 11.9. The number of carboxylic acid groups (broad SMARTS) is 2. The molecule has 64 heavy (non-hydrogen) atoms. The minimum atomic E-state index is -2.99. The van der Waals surface area contributed by atoms with E-state index in [0.29, 0.717) is 0 Å². The summed E-state index contributed by atoms with van der Waals surface area (Å²) < 4.78 is 82.1. The number of aliphatic hydroxyl groups is 1. The lowest BCUT2D eigenvalue weighted by atomic mass is 9.94. The van der Waals surface area contributed by atoms with Gasteiger partial charge in [-0.05, 0) is 38.6 Å². The molecule has 3 aliphatic rings. The Balaban J connectivity index is 1.29. The Kier molecular flexibility index (Phi) is 17.2. The molecule has 5 rings (SSSR count). The van der Waals surface area contributed by atoms with Gasteiger partial charge in [0.05, 0.1) is 56.9 Å². The number of hydrogen-bond donors (Lipinski definition) is 5. The second-order valence-corrected chi connectivity index (χ2v) is 16.2. The molecule has 3 aliphatic heterocycles. The van der Waals surface area contributed by atoms with Crippen LogP contribution in [0.15, 0.2) is 21.4 Å². The summed E-state index contributed by atoms with van der Waals surface area (Å²) in [5.74, 6) is -16.5. The Morgan fingerprint density at radius 1 is 0.984 bits per heavy atom. The highest BCUT2D eigenvalue weighted by Crippen LogP contribution is 2.41. The molecule has 2 aromatic rings. The van der Waals surface area contributed by atoms with Crippen LogP contribution in [0.4, 0.5) is 17.6 Å². The van der Waals surface area contributed by atoms with Gasteiger partial charge in [-0.25, -0.2) is 33.4 Å². The number of carbonyl (C=O) groups is 6. The summed E-state index contributed by atoms with van der Waals surface area (Å²) in [4.78, 5) is 81.9. The fourth-order valence-electron chi connectivity index (χ4n) is 6.19. The quantitative estimate of drug-likeness (QED) is 0.0189. The number of methoxy groups -OCH3 is 2. The average Bonchev–Trinajstić information content (AvgIpc) is 3.86. The lowest BCUT2D eigenvalue weighted by molar-refractivity contribution is -0.257. The van der Waals surface area contributed by atoms with Crippen molar-refractivity contribution >= 4 is 88.8 Å². The molecule has 0 saturated carbocycles. The molecule has 2 aromatic heterocycles. The Morgan fingerprint density at radius 3 is 2.30 bits per heavy atom. The number of nitrogens with zero attached hydrogens (tertiary/aromatic N) is 10. The fraction of sp³-hybridized carbons (Fsp3) is 0.633. The number of β-lactam (4-membered cyclic amide) rings is 1. The number of hydrogen-bond acceptors (Lipinski definition) is 22. The number of ether oxygens (including phenoxy) is 5. The van der Waals surface area contributed by atoms with Gasteiger partial charge in [0.15, 0.2) is 6.23 Å². The van der Waals surface area contributed by atoms with E-state index in [9.17, 15) is 61.6 Å². The number of fused-ring (bicyclic) bond motifs is 1. The Morgan fingerprint density at radius 2 is 1.67 bits per heavy atom.